The van der Waals surface area contributed by atoms with Gasteiger partial charge in [0.2, 0.25) is 0 Å². The smallest absolute Gasteiger partial charge is 0.266 e. The van der Waals surface area contributed by atoms with E-state index < -0.39 is 5.91 Å². The Labute approximate surface area is 156 Å². The van der Waals surface area contributed by atoms with Crippen molar-refractivity contribution < 1.29 is 9.53 Å². The lowest BCUT2D eigenvalue weighted by Crippen LogP contribution is -2.14. The number of anilines is 1. The van der Waals surface area contributed by atoms with Crippen molar-refractivity contribution >= 4 is 29.0 Å². The Morgan fingerprint density at radius 3 is 2.54 bits per heavy atom. The largest absolute Gasteiger partial charge is 0.495 e. The van der Waals surface area contributed by atoms with Crippen molar-refractivity contribution in [3.63, 3.8) is 0 Å². The summed E-state index contributed by atoms with van der Waals surface area (Å²) < 4.78 is 5.22. The number of hydrogen-bond acceptors (Lipinski definition) is 4. The molecule has 0 bridgehead atoms. The minimum Gasteiger partial charge on any atom is -0.495 e. The van der Waals surface area contributed by atoms with E-state index in [0.717, 1.165) is 15.3 Å². The third-order valence-corrected chi connectivity index (χ3v) is 4.77. The molecule has 1 amide bonds. The number of benzene rings is 2. The molecule has 3 aromatic rings. The van der Waals surface area contributed by atoms with E-state index in [9.17, 15) is 10.1 Å². The third-order valence-electron chi connectivity index (χ3n) is 3.69. The van der Waals surface area contributed by atoms with E-state index in [1.54, 1.807) is 24.3 Å². The summed E-state index contributed by atoms with van der Waals surface area (Å²) in [5.74, 6) is 0.0762. The number of nitrogens with one attached hydrogen (secondary N) is 1. The highest BCUT2D eigenvalue weighted by Crippen LogP contribution is 2.29. The second-order valence-corrected chi connectivity index (χ2v) is 6.51. The van der Waals surface area contributed by atoms with Crippen LogP contribution in [0.1, 0.15) is 4.88 Å². The van der Waals surface area contributed by atoms with Crippen molar-refractivity contribution in [3.05, 3.63) is 77.2 Å². The van der Waals surface area contributed by atoms with Crippen LogP contribution in [0.15, 0.2) is 72.3 Å². The molecule has 5 heteroatoms. The van der Waals surface area contributed by atoms with E-state index in [1.165, 1.54) is 18.4 Å². The fraction of sp³-hybridized carbons (Fsp3) is 0.0476. The fourth-order valence-electron chi connectivity index (χ4n) is 2.42. The molecule has 0 fully saturated rings. The van der Waals surface area contributed by atoms with Gasteiger partial charge in [0.15, 0.2) is 0 Å². The second kappa shape index (κ2) is 8.15. The van der Waals surface area contributed by atoms with Gasteiger partial charge in [-0.2, -0.15) is 5.26 Å². The Kier molecular flexibility index (Phi) is 5.47. The Hall–Kier alpha value is -3.36. The normalized spacial score (nSPS) is 10.8. The first kappa shape index (κ1) is 17.5. The third kappa shape index (κ3) is 4.00. The highest BCUT2D eigenvalue weighted by molar-refractivity contribution is 7.16. The lowest BCUT2D eigenvalue weighted by molar-refractivity contribution is -0.112. The number of amides is 1. The fourth-order valence-corrected chi connectivity index (χ4v) is 3.37. The zero-order valence-electron chi connectivity index (χ0n) is 14.1. The van der Waals surface area contributed by atoms with E-state index in [0.29, 0.717) is 11.4 Å². The predicted octanol–water partition coefficient (Wildman–Crippen LogP) is 4.97. The molecule has 0 atom stereocenters. The molecule has 4 nitrogen and oxygen atoms in total. The highest BCUT2D eigenvalue weighted by atomic mass is 32.1. The minimum absolute atomic E-state index is 0.0392. The van der Waals surface area contributed by atoms with E-state index in [4.69, 9.17) is 4.74 Å². The predicted molar refractivity (Wildman–Crippen MR) is 105 cm³/mol. The quantitative estimate of drug-likeness (QED) is 0.516. The number of hydrogen-bond donors (Lipinski definition) is 1. The van der Waals surface area contributed by atoms with Gasteiger partial charge in [0.25, 0.3) is 5.91 Å². The molecule has 0 saturated heterocycles. The van der Waals surface area contributed by atoms with Crippen molar-refractivity contribution in [2.45, 2.75) is 0 Å². The number of thiophene rings is 1. The maximum atomic E-state index is 12.4. The molecule has 1 aromatic heterocycles. The molecule has 0 radical (unpaired) electrons. The first-order chi connectivity index (χ1) is 12.7. The van der Waals surface area contributed by atoms with Crippen LogP contribution in [0.4, 0.5) is 5.69 Å². The highest BCUT2D eigenvalue weighted by Gasteiger charge is 2.13. The number of methoxy groups -OCH3 is 1. The second-order valence-electron chi connectivity index (χ2n) is 5.39. The molecule has 1 heterocycles. The summed E-state index contributed by atoms with van der Waals surface area (Å²) in [6, 6.07) is 22.9. The van der Waals surface area contributed by atoms with Crippen molar-refractivity contribution in [1.29, 1.82) is 5.26 Å². The zero-order chi connectivity index (χ0) is 18.4. The molecule has 0 aliphatic rings. The molecule has 0 aliphatic carbocycles. The van der Waals surface area contributed by atoms with E-state index >= 15 is 0 Å². The van der Waals surface area contributed by atoms with Crippen LogP contribution in [0, 0.1) is 11.3 Å². The average molecular weight is 360 g/mol. The molecule has 0 spiro atoms. The summed E-state index contributed by atoms with van der Waals surface area (Å²) in [6.07, 6.45) is 1.60. The summed E-state index contributed by atoms with van der Waals surface area (Å²) in [7, 11) is 1.53. The van der Waals surface area contributed by atoms with Gasteiger partial charge in [0, 0.05) is 9.75 Å². The maximum absolute atomic E-state index is 12.4. The molecule has 128 valence electrons. The lowest BCUT2D eigenvalue weighted by atomic mass is 10.2. The first-order valence-corrected chi connectivity index (χ1v) is 8.74. The van der Waals surface area contributed by atoms with Crippen LogP contribution >= 0.6 is 11.3 Å². The topological polar surface area (TPSA) is 62.1 Å². The summed E-state index contributed by atoms with van der Waals surface area (Å²) in [6.45, 7) is 0. The van der Waals surface area contributed by atoms with Crippen LogP contribution in [-0.4, -0.2) is 13.0 Å². The van der Waals surface area contributed by atoms with Gasteiger partial charge >= 0.3 is 0 Å². The van der Waals surface area contributed by atoms with Crippen molar-refractivity contribution in [2.75, 3.05) is 12.4 Å². The lowest BCUT2D eigenvalue weighted by Gasteiger charge is -2.08. The standard InChI is InChI=1S/C21H16N2O2S/c1-25-19-10-6-5-9-18(19)23-21(24)16(14-22)13-17-11-12-20(26-17)15-7-3-2-4-8-15/h2-13H,1H3,(H,23,24)/b16-13+. The van der Waals surface area contributed by atoms with Crippen LogP contribution in [0.5, 0.6) is 5.75 Å². The van der Waals surface area contributed by atoms with E-state index in [-0.39, 0.29) is 5.57 Å². The van der Waals surface area contributed by atoms with Gasteiger partial charge in [-0.05, 0) is 35.9 Å². The number of carbonyl (C=O) groups excluding carboxylic acids is 1. The van der Waals surface area contributed by atoms with Crippen LogP contribution in [0.3, 0.4) is 0 Å². The molecule has 0 unspecified atom stereocenters. The summed E-state index contributed by atoms with van der Waals surface area (Å²) in [5, 5.41) is 12.1. The van der Waals surface area contributed by atoms with Crippen molar-refractivity contribution in [3.8, 4) is 22.3 Å². The molecule has 0 saturated carbocycles. The van der Waals surface area contributed by atoms with E-state index in [2.05, 4.69) is 5.32 Å². The molecule has 1 N–H and O–H groups in total. The average Bonchev–Trinajstić information content (AvgIpc) is 3.16. The van der Waals surface area contributed by atoms with E-state index in [1.807, 2.05) is 54.6 Å². The summed E-state index contributed by atoms with van der Waals surface area (Å²) in [5.41, 5.74) is 1.67. The Balaban J connectivity index is 1.81. The van der Waals surface area contributed by atoms with Gasteiger partial charge < -0.3 is 10.1 Å². The van der Waals surface area contributed by atoms with Crippen LogP contribution in [-0.2, 0) is 4.79 Å². The molecule has 26 heavy (non-hydrogen) atoms. The number of para-hydroxylation sites is 2. The van der Waals surface area contributed by atoms with Crippen molar-refractivity contribution in [1.82, 2.24) is 0 Å². The number of nitrogens with zero attached hydrogens (tertiary/aromatic N) is 1. The van der Waals surface area contributed by atoms with Crippen LogP contribution in [0.2, 0.25) is 0 Å². The molecular formula is C21H16N2O2S. The molecule has 0 aliphatic heterocycles. The Morgan fingerprint density at radius 1 is 1.08 bits per heavy atom. The zero-order valence-corrected chi connectivity index (χ0v) is 14.9. The van der Waals surface area contributed by atoms with Gasteiger partial charge in [-0.15, -0.1) is 11.3 Å². The maximum Gasteiger partial charge on any atom is 0.266 e. The van der Waals surface area contributed by atoms with Gasteiger partial charge in [0.05, 0.1) is 12.8 Å². The molecular weight excluding hydrogens is 344 g/mol. The van der Waals surface area contributed by atoms with Gasteiger partial charge in [-0.3, -0.25) is 4.79 Å². The van der Waals surface area contributed by atoms with Gasteiger partial charge in [-0.25, -0.2) is 0 Å². The molecule has 3 rings (SSSR count). The summed E-state index contributed by atoms with van der Waals surface area (Å²) >= 11 is 1.53. The number of nitriles is 1. The van der Waals surface area contributed by atoms with Gasteiger partial charge in [0.1, 0.15) is 17.4 Å². The number of rotatable bonds is 5. The van der Waals surface area contributed by atoms with Gasteiger partial charge in [-0.1, -0.05) is 42.5 Å². The number of ether oxygens (including phenoxy) is 1. The van der Waals surface area contributed by atoms with Crippen LogP contribution < -0.4 is 10.1 Å². The molecule has 2 aromatic carbocycles. The summed E-state index contributed by atoms with van der Waals surface area (Å²) in [4.78, 5) is 14.4. The Bertz CT molecular complexity index is 985. The number of carbonyl (C=O) groups is 1. The first-order valence-electron chi connectivity index (χ1n) is 7.92. The monoisotopic (exact) mass is 360 g/mol. The van der Waals surface area contributed by atoms with Crippen LogP contribution in [0.25, 0.3) is 16.5 Å². The Morgan fingerprint density at radius 2 is 1.81 bits per heavy atom. The minimum atomic E-state index is -0.466. The van der Waals surface area contributed by atoms with Crippen molar-refractivity contribution in [2.24, 2.45) is 0 Å². The SMILES string of the molecule is COc1ccccc1NC(=O)/C(C#N)=C/c1ccc(-c2ccccc2)s1.